The molecule has 0 amide bonds. The number of methoxy groups -OCH3 is 1. The Morgan fingerprint density at radius 1 is 1.15 bits per heavy atom. The van der Waals surface area contributed by atoms with Crippen LogP contribution in [0.1, 0.15) is 23.5 Å². The highest BCUT2D eigenvalue weighted by Crippen LogP contribution is 2.39. The molecule has 7 heteroatoms. The third-order valence-electron chi connectivity index (χ3n) is 4.74. The predicted molar refractivity (Wildman–Crippen MR) is 108 cm³/mol. The van der Waals surface area contributed by atoms with E-state index in [1.165, 1.54) is 0 Å². The number of ether oxygens (including phenoxy) is 1. The molecule has 0 saturated carbocycles. The Labute approximate surface area is 163 Å². The molecule has 27 heavy (non-hydrogen) atoms. The lowest BCUT2D eigenvalue weighted by Gasteiger charge is -2.28. The molecule has 1 N–H and O–H groups in total. The molecule has 0 bridgehead atoms. The number of pyridine rings is 2. The van der Waals surface area contributed by atoms with Crippen LogP contribution in [0.4, 0.5) is 0 Å². The van der Waals surface area contributed by atoms with E-state index in [0.29, 0.717) is 18.3 Å². The smallest absolute Gasteiger partial charge is 0.170 e. The van der Waals surface area contributed by atoms with Gasteiger partial charge in [0.05, 0.1) is 36.3 Å². The minimum Gasteiger partial charge on any atom is -0.383 e. The van der Waals surface area contributed by atoms with E-state index in [1.807, 2.05) is 48.8 Å². The maximum Gasteiger partial charge on any atom is 0.170 e. The number of rotatable bonds is 6. The van der Waals surface area contributed by atoms with Gasteiger partial charge in [-0.1, -0.05) is 6.07 Å². The molecule has 1 saturated heterocycles. The van der Waals surface area contributed by atoms with E-state index in [-0.39, 0.29) is 12.1 Å². The second-order valence-electron chi connectivity index (χ2n) is 6.33. The maximum atomic E-state index is 5.65. The van der Waals surface area contributed by atoms with Crippen LogP contribution in [0.3, 0.4) is 0 Å². The highest BCUT2D eigenvalue weighted by atomic mass is 32.1. The molecular weight excluding hydrogens is 358 g/mol. The van der Waals surface area contributed by atoms with Crippen LogP contribution in [0.5, 0.6) is 0 Å². The van der Waals surface area contributed by atoms with Gasteiger partial charge in [0.25, 0.3) is 0 Å². The van der Waals surface area contributed by atoms with Crippen LogP contribution in [-0.4, -0.2) is 44.8 Å². The van der Waals surface area contributed by atoms with Crippen LogP contribution in [0, 0.1) is 0 Å². The zero-order valence-electron chi connectivity index (χ0n) is 15.0. The molecule has 1 aliphatic heterocycles. The first-order chi connectivity index (χ1) is 13.3. The monoisotopic (exact) mass is 379 g/mol. The summed E-state index contributed by atoms with van der Waals surface area (Å²) in [6, 6.07) is 14.1. The summed E-state index contributed by atoms with van der Waals surface area (Å²) in [5.74, 6) is 0. The summed E-state index contributed by atoms with van der Waals surface area (Å²) in [5.41, 5.74) is 3.10. The number of aromatic nitrogens is 3. The Balaban J connectivity index is 1.78. The molecule has 0 aromatic carbocycles. The van der Waals surface area contributed by atoms with Crippen LogP contribution < -0.4 is 5.32 Å². The van der Waals surface area contributed by atoms with E-state index >= 15 is 0 Å². The van der Waals surface area contributed by atoms with Crippen LogP contribution in [-0.2, 0) is 4.74 Å². The van der Waals surface area contributed by atoms with Crippen molar-refractivity contribution >= 4 is 17.3 Å². The average Bonchev–Trinajstić information content (AvgIpc) is 3.32. The van der Waals surface area contributed by atoms with Gasteiger partial charge in [0.2, 0.25) is 0 Å². The molecule has 6 nitrogen and oxygen atoms in total. The lowest BCUT2D eigenvalue weighted by Crippen LogP contribution is -2.33. The van der Waals surface area contributed by atoms with Crippen molar-refractivity contribution in [3.63, 3.8) is 0 Å². The zero-order valence-corrected chi connectivity index (χ0v) is 15.8. The van der Waals surface area contributed by atoms with E-state index < -0.39 is 0 Å². The second kappa shape index (κ2) is 7.85. The summed E-state index contributed by atoms with van der Waals surface area (Å²) in [4.78, 5) is 11.0. The zero-order chi connectivity index (χ0) is 18.6. The SMILES string of the molecule is COCCN1C(=S)N[C@H](c2ccccn2)[C@@H]1c1cccn1-c1cccnc1. The largest absolute Gasteiger partial charge is 0.383 e. The number of nitrogens with zero attached hydrogens (tertiary/aromatic N) is 4. The molecule has 2 atom stereocenters. The first-order valence-corrected chi connectivity index (χ1v) is 9.25. The molecule has 0 aliphatic carbocycles. The van der Waals surface area contributed by atoms with E-state index in [9.17, 15) is 0 Å². The quantitative estimate of drug-likeness (QED) is 0.665. The number of nitrogens with one attached hydrogen (secondary N) is 1. The average molecular weight is 379 g/mol. The van der Waals surface area contributed by atoms with Gasteiger partial charge in [0.1, 0.15) is 0 Å². The van der Waals surface area contributed by atoms with Crippen molar-refractivity contribution in [2.24, 2.45) is 0 Å². The van der Waals surface area contributed by atoms with E-state index in [0.717, 1.165) is 17.1 Å². The molecule has 4 heterocycles. The maximum absolute atomic E-state index is 5.65. The van der Waals surface area contributed by atoms with Crippen molar-refractivity contribution in [2.75, 3.05) is 20.3 Å². The lowest BCUT2D eigenvalue weighted by molar-refractivity contribution is 0.163. The third kappa shape index (κ3) is 3.43. The van der Waals surface area contributed by atoms with Gasteiger partial charge in [-0.3, -0.25) is 9.97 Å². The summed E-state index contributed by atoms with van der Waals surface area (Å²) in [7, 11) is 1.70. The van der Waals surface area contributed by atoms with Gasteiger partial charge in [0, 0.05) is 37.9 Å². The molecule has 4 rings (SSSR count). The molecule has 0 radical (unpaired) electrons. The van der Waals surface area contributed by atoms with Crippen molar-refractivity contribution in [3.8, 4) is 5.69 Å². The Kier molecular flexibility index (Phi) is 5.13. The van der Waals surface area contributed by atoms with E-state index in [4.69, 9.17) is 17.0 Å². The molecule has 3 aromatic rings. The van der Waals surface area contributed by atoms with Gasteiger partial charge < -0.3 is 19.5 Å². The minimum atomic E-state index is -0.0409. The fourth-order valence-corrected chi connectivity index (χ4v) is 3.86. The van der Waals surface area contributed by atoms with Gasteiger partial charge in [-0.15, -0.1) is 0 Å². The topological polar surface area (TPSA) is 55.2 Å². The van der Waals surface area contributed by atoms with E-state index in [1.54, 1.807) is 13.3 Å². The Bertz CT molecular complexity index is 899. The van der Waals surface area contributed by atoms with Crippen molar-refractivity contribution in [3.05, 3.63) is 78.6 Å². The standard InChI is InChI=1S/C20H21N5OS/c1-26-13-12-25-19(18(23-20(25)27)16-7-2-3-10-22-16)17-8-5-11-24(17)15-6-4-9-21-14-15/h2-11,14,18-19H,12-13H2,1H3,(H,23,27)/t18-,19+/m1/s1. The summed E-state index contributed by atoms with van der Waals surface area (Å²) >= 11 is 5.65. The first-order valence-electron chi connectivity index (χ1n) is 8.84. The molecule has 0 spiro atoms. The third-order valence-corrected chi connectivity index (χ3v) is 5.09. The van der Waals surface area contributed by atoms with Crippen molar-refractivity contribution < 1.29 is 4.74 Å². The first kappa shape index (κ1) is 17.6. The van der Waals surface area contributed by atoms with Gasteiger partial charge >= 0.3 is 0 Å². The van der Waals surface area contributed by atoms with Crippen LogP contribution in [0.15, 0.2) is 67.3 Å². The summed E-state index contributed by atoms with van der Waals surface area (Å²) < 4.78 is 7.47. The number of hydrogen-bond donors (Lipinski definition) is 1. The predicted octanol–water partition coefficient (Wildman–Crippen LogP) is 2.89. The van der Waals surface area contributed by atoms with E-state index in [2.05, 4.69) is 37.0 Å². The number of thiocarbonyl (C=S) groups is 1. The molecular formula is C20H21N5OS. The van der Waals surface area contributed by atoms with Gasteiger partial charge in [-0.05, 0) is 48.6 Å². The van der Waals surface area contributed by atoms with Crippen molar-refractivity contribution in [1.29, 1.82) is 0 Å². The Morgan fingerprint density at radius 3 is 2.81 bits per heavy atom. The molecule has 3 aromatic heterocycles. The van der Waals surface area contributed by atoms with Crippen molar-refractivity contribution in [2.45, 2.75) is 12.1 Å². The van der Waals surface area contributed by atoms with Gasteiger partial charge in [-0.2, -0.15) is 0 Å². The summed E-state index contributed by atoms with van der Waals surface area (Å²) in [6.07, 6.45) is 7.51. The number of hydrogen-bond acceptors (Lipinski definition) is 4. The lowest BCUT2D eigenvalue weighted by atomic mass is 10.0. The van der Waals surface area contributed by atoms with Crippen molar-refractivity contribution in [1.82, 2.24) is 24.8 Å². The Morgan fingerprint density at radius 2 is 2.07 bits per heavy atom. The minimum absolute atomic E-state index is 0.00208. The highest BCUT2D eigenvalue weighted by molar-refractivity contribution is 7.80. The molecule has 0 unspecified atom stereocenters. The van der Waals surface area contributed by atoms with Crippen LogP contribution >= 0.6 is 12.2 Å². The molecule has 1 fully saturated rings. The second-order valence-corrected chi connectivity index (χ2v) is 6.71. The normalized spacial score (nSPS) is 19.3. The highest BCUT2D eigenvalue weighted by Gasteiger charge is 2.40. The summed E-state index contributed by atoms with van der Waals surface area (Å²) in [6.45, 7) is 1.30. The fraction of sp³-hybridized carbons (Fsp3) is 0.250. The van der Waals surface area contributed by atoms with Crippen LogP contribution in [0.2, 0.25) is 0 Å². The van der Waals surface area contributed by atoms with Gasteiger partial charge in [-0.25, -0.2) is 0 Å². The van der Waals surface area contributed by atoms with Crippen LogP contribution in [0.25, 0.3) is 5.69 Å². The van der Waals surface area contributed by atoms with Gasteiger partial charge in [0.15, 0.2) is 5.11 Å². The molecule has 138 valence electrons. The molecule has 1 aliphatic rings. The Hall–Kier alpha value is -2.77. The summed E-state index contributed by atoms with van der Waals surface area (Å²) in [5, 5.41) is 4.17. The fourth-order valence-electron chi connectivity index (χ4n) is 3.52.